The molecule has 0 saturated heterocycles. The second kappa shape index (κ2) is 8.30. The van der Waals surface area contributed by atoms with Gasteiger partial charge in [0.15, 0.2) is 0 Å². The molecule has 1 aliphatic heterocycles. The molecule has 0 saturated carbocycles. The van der Waals surface area contributed by atoms with E-state index in [1.165, 1.54) is 0 Å². The van der Waals surface area contributed by atoms with E-state index in [4.69, 9.17) is 21.1 Å². The molecule has 0 bridgehead atoms. The number of hydrogen-bond donors (Lipinski definition) is 0. The first-order valence-corrected chi connectivity index (χ1v) is 8.63. The molecule has 2 rings (SSSR count). The second-order valence-electron chi connectivity index (χ2n) is 5.73. The van der Waals surface area contributed by atoms with E-state index in [0.29, 0.717) is 22.0 Å². The van der Waals surface area contributed by atoms with Crippen LogP contribution >= 0.6 is 11.6 Å². The molecule has 1 aliphatic rings. The molecule has 0 aliphatic carbocycles. The van der Waals surface area contributed by atoms with E-state index < -0.39 is 23.8 Å². The van der Waals surface area contributed by atoms with Gasteiger partial charge in [-0.1, -0.05) is 23.7 Å². The van der Waals surface area contributed by atoms with Gasteiger partial charge in [0, 0.05) is 22.3 Å². The molecule has 1 aromatic carbocycles. The summed E-state index contributed by atoms with van der Waals surface area (Å²) in [7, 11) is 0. The molecule has 2 atom stereocenters. The van der Waals surface area contributed by atoms with Gasteiger partial charge in [-0.15, -0.1) is 0 Å². The van der Waals surface area contributed by atoms with Crippen LogP contribution in [-0.4, -0.2) is 30.9 Å². The number of rotatable bonds is 5. The molecule has 0 radical (unpaired) electrons. The first-order valence-electron chi connectivity index (χ1n) is 8.25. The minimum Gasteiger partial charge on any atom is -0.465 e. The maximum atomic E-state index is 12.6. The average Bonchev–Trinajstić information content (AvgIpc) is 2.55. The van der Waals surface area contributed by atoms with E-state index >= 15 is 0 Å². The Morgan fingerprint density at radius 1 is 1.08 bits per heavy atom. The molecule has 5 nitrogen and oxygen atoms in total. The van der Waals surface area contributed by atoms with Crippen LogP contribution in [0.3, 0.4) is 0 Å². The van der Waals surface area contributed by atoms with E-state index in [1.807, 2.05) is 12.1 Å². The second-order valence-corrected chi connectivity index (χ2v) is 6.17. The van der Waals surface area contributed by atoms with Gasteiger partial charge in [-0.2, -0.15) is 0 Å². The van der Waals surface area contributed by atoms with Crippen molar-refractivity contribution >= 4 is 29.3 Å². The summed E-state index contributed by atoms with van der Waals surface area (Å²) in [6.07, 6.45) is 0. The molecule has 0 fully saturated rings. The molecule has 6 heteroatoms. The third kappa shape index (κ3) is 4.10. The smallest absolute Gasteiger partial charge is 0.336 e. The van der Waals surface area contributed by atoms with Gasteiger partial charge in [-0.05, 0) is 45.4 Å². The van der Waals surface area contributed by atoms with Crippen LogP contribution < -0.4 is 0 Å². The van der Waals surface area contributed by atoms with Crippen molar-refractivity contribution in [2.75, 3.05) is 13.2 Å². The number of esters is 2. The SMILES string of the molecule is CCOC(=O)C1=C(C)N=C(C)C(C(=O)OCC)C1c1ccc(Cl)cc1. The molecule has 0 spiro atoms. The predicted molar refractivity (Wildman–Crippen MR) is 96.8 cm³/mol. The fourth-order valence-corrected chi connectivity index (χ4v) is 3.20. The number of ether oxygens (including phenoxy) is 2. The highest BCUT2D eigenvalue weighted by Gasteiger charge is 2.42. The van der Waals surface area contributed by atoms with E-state index in [0.717, 1.165) is 5.56 Å². The Kier molecular flexibility index (Phi) is 6.37. The summed E-state index contributed by atoms with van der Waals surface area (Å²) in [6.45, 7) is 7.52. The minimum atomic E-state index is -0.677. The maximum absolute atomic E-state index is 12.6. The van der Waals surface area contributed by atoms with Crippen LogP contribution in [0.2, 0.25) is 5.02 Å². The van der Waals surface area contributed by atoms with Crippen molar-refractivity contribution < 1.29 is 19.1 Å². The van der Waals surface area contributed by atoms with E-state index in [2.05, 4.69) is 4.99 Å². The number of allylic oxidation sites excluding steroid dienone is 1. The van der Waals surface area contributed by atoms with Crippen molar-refractivity contribution in [3.8, 4) is 0 Å². The molecule has 1 aromatic rings. The lowest BCUT2D eigenvalue weighted by atomic mass is 9.75. The zero-order valence-corrected chi connectivity index (χ0v) is 15.6. The van der Waals surface area contributed by atoms with Gasteiger partial charge in [-0.3, -0.25) is 9.79 Å². The van der Waals surface area contributed by atoms with Crippen LogP contribution in [0.25, 0.3) is 0 Å². The van der Waals surface area contributed by atoms with E-state index in [-0.39, 0.29) is 13.2 Å². The largest absolute Gasteiger partial charge is 0.465 e. The maximum Gasteiger partial charge on any atom is 0.336 e. The molecule has 0 amide bonds. The van der Waals surface area contributed by atoms with Crippen LogP contribution in [-0.2, 0) is 19.1 Å². The van der Waals surface area contributed by atoms with E-state index in [1.54, 1.807) is 39.8 Å². The van der Waals surface area contributed by atoms with Crippen molar-refractivity contribution in [3.05, 3.63) is 46.1 Å². The molecule has 134 valence electrons. The predicted octanol–water partition coefficient (Wildman–Crippen LogP) is 3.91. The first-order chi connectivity index (χ1) is 11.9. The molecule has 0 N–H and O–H groups in total. The zero-order chi connectivity index (χ0) is 18.6. The summed E-state index contributed by atoms with van der Waals surface area (Å²) in [6, 6.07) is 7.09. The van der Waals surface area contributed by atoms with Gasteiger partial charge in [-0.25, -0.2) is 4.79 Å². The van der Waals surface area contributed by atoms with Crippen molar-refractivity contribution in [1.29, 1.82) is 0 Å². The number of nitrogens with zero attached hydrogens (tertiary/aromatic N) is 1. The lowest BCUT2D eigenvalue weighted by Gasteiger charge is -2.31. The summed E-state index contributed by atoms with van der Waals surface area (Å²) in [4.78, 5) is 29.6. The Morgan fingerprint density at radius 2 is 1.68 bits per heavy atom. The number of hydrogen-bond acceptors (Lipinski definition) is 5. The van der Waals surface area contributed by atoms with Gasteiger partial charge in [0.05, 0.1) is 18.8 Å². The summed E-state index contributed by atoms with van der Waals surface area (Å²) < 4.78 is 10.4. The number of carbonyl (C=O) groups excluding carboxylic acids is 2. The Morgan fingerprint density at radius 3 is 2.24 bits per heavy atom. The lowest BCUT2D eigenvalue weighted by molar-refractivity contribution is -0.146. The molecule has 2 unspecified atom stereocenters. The standard InChI is InChI=1S/C19H22ClNO4/c1-5-24-18(22)15-11(3)21-12(4)16(19(23)25-6-2)17(15)13-7-9-14(20)10-8-13/h7-10,15,17H,5-6H2,1-4H3. The van der Waals surface area contributed by atoms with Crippen molar-refractivity contribution in [2.24, 2.45) is 10.9 Å². The Bertz CT molecular complexity index is 721. The summed E-state index contributed by atoms with van der Waals surface area (Å²) in [5, 5.41) is 0.580. The van der Waals surface area contributed by atoms with Gasteiger partial charge >= 0.3 is 11.9 Å². The quantitative estimate of drug-likeness (QED) is 0.744. The normalized spacial score (nSPS) is 20.1. The van der Waals surface area contributed by atoms with Gasteiger partial charge in [0.2, 0.25) is 0 Å². The minimum absolute atomic E-state index is 0.246. The fourth-order valence-electron chi connectivity index (χ4n) is 3.08. The molecular formula is C19H22ClNO4. The van der Waals surface area contributed by atoms with Gasteiger partial charge < -0.3 is 9.47 Å². The van der Waals surface area contributed by atoms with Crippen LogP contribution in [0.15, 0.2) is 40.5 Å². The number of carbonyl (C=O) groups is 2. The monoisotopic (exact) mass is 363 g/mol. The topological polar surface area (TPSA) is 65.0 Å². The first kappa shape index (κ1) is 19.2. The summed E-state index contributed by atoms with van der Waals surface area (Å²) in [5.74, 6) is -2.07. The molecule has 1 heterocycles. The van der Waals surface area contributed by atoms with Crippen LogP contribution in [0.1, 0.15) is 39.2 Å². The molecular weight excluding hydrogens is 342 g/mol. The number of halogens is 1. The summed E-state index contributed by atoms with van der Waals surface area (Å²) in [5.41, 5.74) is 2.34. The number of aliphatic imine (C=N–C) groups is 1. The molecule has 25 heavy (non-hydrogen) atoms. The van der Waals surface area contributed by atoms with Crippen LogP contribution in [0.5, 0.6) is 0 Å². The Labute approximate surface area is 152 Å². The fraction of sp³-hybridized carbons (Fsp3) is 0.421. The third-order valence-electron chi connectivity index (χ3n) is 4.09. The molecule has 0 aromatic heterocycles. The zero-order valence-electron chi connectivity index (χ0n) is 14.8. The highest BCUT2D eigenvalue weighted by atomic mass is 35.5. The van der Waals surface area contributed by atoms with Crippen LogP contribution in [0.4, 0.5) is 0 Å². The third-order valence-corrected chi connectivity index (χ3v) is 4.35. The Hall–Kier alpha value is -2.14. The van der Waals surface area contributed by atoms with Gasteiger partial charge in [0.1, 0.15) is 5.92 Å². The highest BCUT2D eigenvalue weighted by molar-refractivity contribution is 6.30. The highest BCUT2D eigenvalue weighted by Crippen LogP contribution is 2.40. The Balaban J connectivity index is 2.60. The summed E-state index contributed by atoms with van der Waals surface area (Å²) >= 11 is 5.99. The van der Waals surface area contributed by atoms with Crippen molar-refractivity contribution in [1.82, 2.24) is 0 Å². The average molecular weight is 364 g/mol. The van der Waals surface area contributed by atoms with Crippen molar-refractivity contribution in [2.45, 2.75) is 33.6 Å². The number of benzene rings is 1. The van der Waals surface area contributed by atoms with E-state index in [9.17, 15) is 9.59 Å². The van der Waals surface area contributed by atoms with Gasteiger partial charge in [0.25, 0.3) is 0 Å². The lowest BCUT2D eigenvalue weighted by Crippen LogP contribution is -2.36. The van der Waals surface area contributed by atoms with Crippen molar-refractivity contribution in [3.63, 3.8) is 0 Å². The van der Waals surface area contributed by atoms with Crippen LogP contribution in [0, 0.1) is 5.92 Å².